The summed E-state index contributed by atoms with van der Waals surface area (Å²) < 4.78 is 48.8. The molecule has 0 aliphatic carbocycles. The monoisotopic (exact) mass is 771 g/mol. The van der Waals surface area contributed by atoms with Gasteiger partial charge in [0.2, 0.25) is 0 Å². The number of sulfonamides is 1. The fraction of sp³-hybridized carbons (Fsp3) is 0.256. The van der Waals surface area contributed by atoms with Crippen molar-refractivity contribution < 1.29 is 27.1 Å². The zero-order valence-corrected chi connectivity index (χ0v) is 31.1. The second-order valence-corrected chi connectivity index (χ2v) is 16.8. The van der Waals surface area contributed by atoms with Gasteiger partial charge in [-0.05, 0) is 91.9 Å². The quantitative estimate of drug-likeness (QED) is 0.173. The summed E-state index contributed by atoms with van der Waals surface area (Å²) in [6.07, 6.45) is 4.26. The van der Waals surface area contributed by atoms with Gasteiger partial charge >= 0.3 is 0 Å². The van der Waals surface area contributed by atoms with Gasteiger partial charge in [-0.2, -0.15) is 0 Å². The molecule has 0 radical (unpaired) electrons. The number of anilines is 4. The maximum absolute atomic E-state index is 14.5. The molecule has 2 amide bonds. The molecule has 2 aromatic heterocycles. The lowest BCUT2D eigenvalue weighted by Gasteiger charge is -2.53. The standard InChI is InChI=1S/C39H35ClFN5O5S2/c1-24-19-29(36(42-21-24)45-22-39(23-45)14-17-51-18-15-39)37(47)43-27-11-9-25(10-12-27)38(48)46-16-13-26-20-33(52-34(26)28-5-2-3-8-32(28)46)44-53(49,50)35-30(40)6-4-7-31(35)41/h2-12,19-21,44H,13-18,22-23H2,1H3,(H,43,47). The van der Waals surface area contributed by atoms with Gasteiger partial charge in [0.15, 0.2) is 0 Å². The second-order valence-electron chi connectivity index (χ2n) is 13.7. The minimum Gasteiger partial charge on any atom is -0.381 e. The number of aryl methyl sites for hydroxylation is 1. The van der Waals surface area contributed by atoms with Crippen LogP contribution in [-0.4, -0.2) is 58.1 Å². The highest BCUT2D eigenvalue weighted by Crippen LogP contribution is 2.45. The Labute approximate surface area is 315 Å². The van der Waals surface area contributed by atoms with Gasteiger partial charge in [0.25, 0.3) is 21.8 Å². The summed E-state index contributed by atoms with van der Waals surface area (Å²) in [6, 6.07) is 21.6. The number of para-hydroxylation sites is 1. The molecule has 0 atom stereocenters. The molecule has 8 rings (SSSR count). The first-order valence-corrected chi connectivity index (χ1v) is 19.9. The lowest BCUT2D eigenvalue weighted by Crippen LogP contribution is -2.59. The van der Waals surface area contributed by atoms with Gasteiger partial charge in [-0.25, -0.2) is 17.8 Å². The van der Waals surface area contributed by atoms with E-state index in [0.29, 0.717) is 46.3 Å². The number of nitrogens with zero attached hydrogens (tertiary/aromatic N) is 3. The summed E-state index contributed by atoms with van der Waals surface area (Å²) in [6.45, 7) is 5.47. The normalized spacial score (nSPS) is 16.3. The van der Waals surface area contributed by atoms with Crippen LogP contribution in [0.15, 0.2) is 90.0 Å². The van der Waals surface area contributed by atoms with Gasteiger partial charge in [0.05, 0.1) is 16.3 Å². The molecule has 1 spiro atoms. The number of aromatic nitrogens is 1. The van der Waals surface area contributed by atoms with Crippen molar-refractivity contribution in [3.8, 4) is 10.4 Å². The molecule has 2 fully saturated rings. The van der Waals surface area contributed by atoms with Crippen molar-refractivity contribution in [2.24, 2.45) is 5.41 Å². The summed E-state index contributed by atoms with van der Waals surface area (Å²) in [5, 5.41) is 3.09. The van der Waals surface area contributed by atoms with Crippen LogP contribution in [0.1, 0.15) is 44.7 Å². The highest BCUT2D eigenvalue weighted by molar-refractivity contribution is 7.93. The molecular weight excluding hydrogens is 737 g/mol. The Morgan fingerprint density at radius 2 is 1.75 bits per heavy atom. The van der Waals surface area contributed by atoms with Crippen LogP contribution in [0.4, 0.5) is 26.6 Å². The molecule has 5 aromatic rings. The number of hydrogen-bond acceptors (Lipinski definition) is 8. The van der Waals surface area contributed by atoms with E-state index in [4.69, 9.17) is 16.3 Å². The van der Waals surface area contributed by atoms with Gasteiger partial charge < -0.3 is 19.9 Å². The summed E-state index contributed by atoms with van der Waals surface area (Å²) in [7, 11) is -4.31. The van der Waals surface area contributed by atoms with Crippen molar-refractivity contribution in [2.45, 2.75) is 31.1 Å². The number of pyridine rings is 1. The van der Waals surface area contributed by atoms with E-state index >= 15 is 0 Å². The Morgan fingerprint density at radius 3 is 2.51 bits per heavy atom. The molecule has 0 unspecified atom stereocenters. The van der Waals surface area contributed by atoms with Crippen molar-refractivity contribution in [1.29, 1.82) is 0 Å². The van der Waals surface area contributed by atoms with Crippen molar-refractivity contribution in [2.75, 3.05) is 52.7 Å². The maximum atomic E-state index is 14.5. The number of halogens is 2. The van der Waals surface area contributed by atoms with E-state index in [1.54, 1.807) is 41.4 Å². The number of amides is 2. The summed E-state index contributed by atoms with van der Waals surface area (Å²) in [5.41, 5.74) is 4.90. The number of ether oxygens (including phenoxy) is 1. The van der Waals surface area contributed by atoms with Crippen LogP contribution < -0.4 is 19.8 Å². The van der Waals surface area contributed by atoms with Gasteiger partial charge in [-0.1, -0.05) is 35.9 Å². The number of nitrogens with one attached hydrogen (secondary N) is 2. The van der Waals surface area contributed by atoms with Crippen molar-refractivity contribution in [3.63, 3.8) is 0 Å². The van der Waals surface area contributed by atoms with E-state index in [1.807, 2.05) is 37.3 Å². The lowest BCUT2D eigenvalue weighted by molar-refractivity contribution is -0.000510. The van der Waals surface area contributed by atoms with Crippen molar-refractivity contribution in [1.82, 2.24) is 4.98 Å². The maximum Gasteiger partial charge on any atom is 0.266 e. The van der Waals surface area contributed by atoms with Crippen LogP contribution in [0.5, 0.6) is 0 Å². The smallest absolute Gasteiger partial charge is 0.266 e. The molecule has 0 saturated carbocycles. The number of thiophene rings is 1. The average Bonchev–Trinajstić information content (AvgIpc) is 3.45. The molecular formula is C39H35ClFN5O5S2. The molecule has 53 heavy (non-hydrogen) atoms. The summed E-state index contributed by atoms with van der Waals surface area (Å²) in [5.74, 6) is -0.758. The molecule has 10 nitrogen and oxygen atoms in total. The molecule has 3 aromatic carbocycles. The van der Waals surface area contributed by atoms with Crippen molar-refractivity contribution >= 4 is 67.0 Å². The first-order chi connectivity index (χ1) is 25.5. The average molecular weight is 772 g/mol. The molecule has 3 aliphatic heterocycles. The Kier molecular flexibility index (Phi) is 9.22. The van der Waals surface area contributed by atoms with E-state index in [2.05, 4.69) is 19.9 Å². The van der Waals surface area contributed by atoms with E-state index in [1.165, 1.54) is 23.5 Å². The zero-order valence-electron chi connectivity index (χ0n) is 28.7. The Hall–Kier alpha value is -4.82. The number of carbonyl (C=O) groups excluding carboxylic acids is 2. The van der Waals surface area contributed by atoms with Crippen LogP contribution in [0, 0.1) is 18.2 Å². The van der Waals surface area contributed by atoms with Crippen LogP contribution >= 0.6 is 22.9 Å². The lowest BCUT2D eigenvalue weighted by atomic mass is 9.73. The molecule has 3 aliphatic rings. The van der Waals surface area contributed by atoms with E-state index in [0.717, 1.165) is 66.8 Å². The van der Waals surface area contributed by atoms with E-state index in [-0.39, 0.29) is 22.3 Å². The Morgan fingerprint density at radius 1 is 1.00 bits per heavy atom. The number of rotatable bonds is 7. The zero-order chi connectivity index (χ0) is 36.9. The second kappa shape index (κ2) is 13.9. The number of fused-ring (bicyclic) bond motifs is 3. The van der Waals surface area contributed by atoms with E-state index in [9.17, 15) is 22.4 Å². The van der Waals surface area contributed by atoms with E-state index < -0.39 is 20.7 Å². The Balaban J connectivity index is 0.983. The number of benzene rings is 3. The van der Waals surface area contributed by atoms with Crippen LogP contribution in [-0.2, 0) is 21.2 Å². The predicted molar refractivity (Wildman–Crippen MR) is 205 cm³/mol. The van der Waals surface area contributed by atoms with Crippen LogP contribution in [0.2, 0.25) is 5.02 Å². The fourth-order valence-corrected chi connectivity index (χ4v) is 10.4. The summed E-state index contributed by atoms with van der Waals surface area (Å²) >= 11 is 7.26. The van der Waals surface area contributed by atoms with Gasteiger partial charge in [0.1, 0.15) is 21.5 Å². The van der Waals surface area contributed by atoms with Gasteiger partial charge in [0, 0.05) is 66.2 Å². The first kappa shape index (κ1) is 35.2. The summed E-state index contributed by atoms with van der Waals surface area (Å²) in [4.78, 5) is 36.3. The number of carbonyl (C=O) groups is 2. The van der Waals surface area contributed by atoms with Crippen LogP contribution in [0.3, 0.4) is 0 Å². The minimum absolute atomic E-state index is 0.214. The predicted octanol–water partition coefficient (Wildman–Crippen LogP) is 7.78. The third-order valence-electron chi connectivity index (χ3n) is 10.1. The largest absolute Gasteiger partial charge is 0.381 e. The number of hydrogen-bond donors (Lipinski definition) is 2. The third-order valence-corrected chi connectivity index (χ3v) is 13.2. The molecule has 272 valence electrons. The minimum atomic E-state index is -4.31. The van der Waals surface area contributed by atoms with Crippen LogP contribution in [0.25, 0.3) is 10.4 Å². The SMILES string of the molecule is Cc1cnc(N2CC3(CCOCC3)C2)c(C(=O)Nc2ccc(C(=O)N3CCc4cc(NS(=O)(=O)c5c(F)cccc5Cl)sc4-c4ccccc43)cc2)c1. The van der Waals surface area contributed by atoms with Gasteiger partial charge in [-0.3, -0.25) is 14.3 Å². The topological polar surface area (TPSA) is 121 Å². The first-order valence-electron chi connectivity index (χ1n) is 17.2. The molecule has 5 heterocycles. The highest BCUT2D eigenvalue weighted by atomic mass is 35.5. The Bertz CT molecular complexity index is 2330. The molecule has 0 bridgehead atoms. The molecule has 2 saturated heterocycles. The molecule has 14 heteroatoms. The highest BCUT2D eigenvalue weighted by Gasteiger charge is 2.45. The molecule has 2 N–H and O–H groups in total. The van der Waals surface area contributed by atoms with Gasteiger partial charge in [-0.15, -0.1) is 11.3 Å². The fourth-order valence-electron chi connectivity index (χ4n) is 7.35. The van der Waals surface area contributed by atoms with Crippen molar-refractivity contribution in [3.05, 3.63) is 118 Å². The third kappa shape index (κ3) is 6.78.